The molecule has 0 bridgehead atoms. The van der Waals surface area contributed by atoms with Crippen molar-refractivity contribution in [3.05, 3.63) is 59.7 Å². The Morgan fingerprint density at radius 1 is 0.966 bits per heavy atom. The fourth-order valence-electron chi connectivity index (χ4n) is 3.25. The Bertz CT molecular complexity index is 1160. The molecule has 0 N–H and O–H groups in total. The Hall–Kier alpha value is -2.23. The molecule has 0 aromatic heterocycles. The zero-order chi connectivity index (χ0) is 21.6. The van der Waals surface area contributed by atoms with Gasteiger partial charge in [-0.1, -0.05) is 39.2 Å². The fourth-order valence-corrected chi connectivity index (χ4v) is 7.82. The molecule has 2 unspecified atom stereocenters. The first-order valence-corrected chi connectivity index (χ1v) is 11.9. The Kier molecular flexibility index (Phi) is 5.35. The summed E-state index contributed by atoms with van der Waals surface area (Å²) in [5.74, 6) is -0.590. The van der Waals surface area contributed by atoms with Gasteiger partial charge in [0, 0.05) is 0 Å². The second-order valence-corrected chi connectivity index (χ2v) is 11.2. The molecular formula is C20H24N2O5S2. The van der Waals surface area contributed by atoms with Crippen molar-refractivity contribution < 1.29 is 22.2 Å². The number of hydrogen-bond acceptors (Lipinski definition) is 5. The van der Waals surface area contributed by atoms with Crippen molar-refractivity contribution in [1.82, 2.24) is 4.31 Å². The number of carbonyl (C=O) groups is 1. The predicted molar refractivity (Wildman–Crippen MR) is 110 cm³/mol. The van der Waals surface area contributed by atoms with Crippen LogP contribution >= 0.6 is 0 Å². The number of rotatable bonds is 5. The second-order valence-electron chi connectivity index (χ2n) is 7.31. The van der Waals surface area contributed by atoms with Crippen LogP contribution in [0.4, 0.5) is 0 Å². The first-order valence-electron chi connectivity index (χ1n) is 9.01. The smallest absolute Gasteiger partial charge is 0.328 e. The van der Waals surface area contributed by atoms with Gasteiger partial charge in [0.1, 0.15) is 5.54 Å². The Balaban J connectivity index is 2.23. The maximum atomic E-state index is 14.1. The molecule has 0 aliphatic carbocycles. The Morgan fingerprint density at radius 3 is 1.86 bits per heavy atom. The highest BCUT2D eigenvalue weighted by molar-refractivity contribution is 8.02. The second kappa shape index (κ2) is 7.23. The molecule has 9 heteroatoms. The quantitative estimate of drug-likeness (QED) is 0.530. The van der Waals surface area contributed by atoms with E-state index in [1.54, 1.807) is 50.2 Å². The SMILES string of the molecule is COC(=O)[C@]1(C)[C@@H](C)N1S(=O)(=NS(=O)(=O)c1ccc(C)cc1)c1ccc(C)cc1. The van der Waals surface area contributed by atoms with Crippen LogP contribution in [0.1, 0.15) is 25.0 Å². The zero-order valence-corrected chi connectivity index (χ0v) is 18.6. The molecule has 0 amide bonds. The van der Waals surface area contributed by atoms with E-state index < -0.39 is 37.5 Å². The van der Waals surface area contributed by atoms with Crippen molar-refractivity contribution >= 4 is 25.9 Å². The van der Waals surface area contributed by atoms with Crippen molar-refractivity contribution in [2.75, 3.05) is 7.11 Å². The first-order chi connectivity index (χ1) is 13.5. The molecule has 1 heterocycles. The van der Waals surface area contributed by atoms with Crippen molar-refractivity contribution in [3.8, 4) is 0 Å². The highest BCUT2D eigenvalue weighted by Crippen LogP contribution is 2.48. The van der Waals surface area contributed by atoms with Crippen LogP contribution in [0.5, 0.6) is 0 Å². The molecule has 2 aromatic carbocycles. The molecule has 0 radical (unpaired) electrons. The number of methoxy groups -OCH3 is 1. The first kappa shape index (κ1) is 21.5. The summed E-state index contributed by atoms with van der Waals surface area (Å²) in [6.45, 7) is 6.97. The van der Waals surface area contributed by atoms with Crippen molar-refractivity contribution in [1.29, 1.82) is 0 Å². The van der Waals surface area contributed by atoms with Gasteiger partial charge in [0.2, 0.25) is 0 Å². The highest BCUT2D eigenvalue weighted by Gasteiger charge is 2.68. The lowest BCUT2D eigenvalue weighted by molar-refractivity contribution is -0.143. The van der Waals surface area contributed by atoms with Crippen LogP contribution in [-0.4, -0.2) is 41.6 Å². The summed E-state index contributed by atoms with van der Waals surface area (Å²) in [4.78, 5) is 12.5. The largest absolute Gasteiger partial charge is 0.468 e. The van der Waals surface area contributed by atoms with Gasteiger partial charge in [-0.3, -0.25) is 0 Å². The van der Waals surface area contributed by atoms with E-state index >= 15 is 0 Å². The third-order valence-corrected chi connectivity index (χ3v) is 9.84. The van der Waals surface area contributed by atoms with Crippen molar-refractivity contribution in [2.24, 2.45) is 3.77 Å². The highest BCUT2D eigenvalue weighted by atomic mass is 32.3. The topological polar surface area (TPSA) is 92.9 Å². The van der Waals surface area contributed by atoms with Gasteiger partial charge in [-0.25, -0.2) is 9.00 Å². The van der Waals surface area contributed by atoms with E-state index in [1.165, 1.54) is 23.5 Å². The molecule has 1 aliphatic rings. The zero-order valence-electron chi connectivity index (χ0n) is 16.9. The summed E-state index contributed by atoms with van der Waals surface area (Å²) in [6, 6.07) is 12.2. The molecule has 156 valence electrons. The molecule has 1 aliphatic heterocycles. The molecule has 7 nitrogen and oxygen atoms in total. The maximum absolute atomic E-state index is 14.1. The minimum absolute atomic E-state index is 0.0581. The predicted octanol–water partition coefficient (Wildman–Crippen LogP) is 3.07. The lowest BCUT2D eigenvalue weighted by atomic mass is 10.1. The molecule has 1 saturated heterocycles. The molecule has 3 rings (SSSR count). The van der Waals surface area contributed by atoms with Gasteiger partial charge in [-0.2, -0.15) is 12.7 Å². The summed E-state index contributed by atoms with van der Waals surface area (Å²) >= 11 is 0. The van der Waals surface area contributed by atoms with Gasteiger partial charge in [0.25, 0.3) is 10.0 Å². The van der Waals surface area contributed by atoms with Crippen LogP contribution in [-0.2, 0) is 29.5 Å². The minimum Gasteiger partial charge on any atom is -0.468 e. The van der Waals surface area contributed by atoms with E-state index in [4.69, 9.17) is 4.74 Å². The summed E-state index contributed by atoms with van der Waals surface area (Å²) in [7, 11) is -6.66. The van der Waals surface area contributed by atoms with Crippen LogP contribution in [0.3, 0.4) is 0 Å². The number of aryl methyl sites for hydroxylation is 2. The van der Waals surface area contributed by atoms with Crippen LogP contribution < -0.4 is 0 Å². The van der Waals surface area contributed by atoms with Crippen molar-refractivity contribution in [2.45, 2.75) is 49.1 Å². The summed E-state index contributed by atoms with van der Waals surface area (Å²) in [5.41, 5.74) is 0.579. The third-order valence-electron chi connectivity index (χ3n) is 5.27. The molecule has 2 aromatic rings. The average Bonchev–Trinajstić information content (AvgIpc) is 3.24. The molecule has 0 spiro atoms. The minimum atomic E-state index is -4.25. The van der Waals surface area contributed by atoms with Gasteiger partial charge in [0.05, 0.1) is 22.9 Å². The fraction of sp³-hybridized carbons (Fsp3) is 0.350. The molecule has 1 fully saturated rings. The van der Waals surface area contributed by atoms with Crippen molar-refractivity contribution in [3.63, 3.8) is 0 Å². The number of nitrogens with zero attached hydrogens (tertiary/aromatic N) is 2. The third kappa shape index (κ3) is 3.58. The van der Waals surface area contributed by atoms with E-state index in [2.05, 4.69) is 3.77 Å². The average molecular weight is 437 g/mol. The Morgan fingerprint density at radius 2 is 1.41 bits per heavy atom. The summed E-state index contributed by atoms with van der Waals surface area (Å²) < 4.78 is 50.2. The molecular weight excluding hydrogens is 412 g/mol. The summed E-state index contributed by atoms with van der Waals surface area (Å²) in [5, 5.41) is 0. The lowest BCUT2D eigenvalue weighted by Crippen LogP contribution is -2.31. The normalized spacial score (nSPS) is 25.7. The number of hydrogen-bond donors (Lipinski definition) is 0. The maximum Gasteiger partial charge on any atom is 0.328 e. The standard InChI is InChI=1S/C20H24N2O5S2/c1-14-6-10-17(11-7-14)28(24,22-16(3)20(22,4)19(23)27-5)21-29(25,26)18-12-8-15(2)9-13-18/h6-13,16H,1-5H3/t16-,20+,22?,28?/m1/s1. The molecule has 0 saturated carbocycles. The van der Waals surface area contributed by atoms with Gasteiger partial charge >= 0.3 is 5.97 Å². The number of ether oxygens (including phenoxy) is 1. The molecule has 4 atom stereocenters. The van der Waals surface area contributed by atoms with E-state index in [0.717, 1.165) is 11.1 Å². The Labute approximate surface area is 172 Å². The number of sulfonamides is 1. The summed E-state index contributed by atoms with van der Waals surface area (Å²) in [6.07, 6.45) is 0. The monoisotopic (exact) mass is 436 g/mol. The van der Waals surface area contributed by atoms with E-state index in [0.29, 0.717) is 0 Å². The van der Waals surface area contributed by atoms with Crippen LogP contribution in [0, 0.1) is 13.8 Å². The molecule has 29 heavy (non-hydrogen) atoms. The lowest BCUT2D eigenvalue weighted by Gasteiger charge is -2.16. The van der Waals surface area contributed by atoms with Gasteiger partial charge < -0.3 is 4.74 Å². The van der Waals surface area contributed by atoms with E-state index in [1.807, 2.05) is 13.8 Å². The number of esters is 1. The van der Waals surface area contributed by atoms with Gasteiger partial charge in [-0.15, -0.1) is 0 Å². The van der Waals surface area contributed by atoms with Crippen LogP contribution in [0.25, 0.3) is 0 Å². The van der Waals surface area contributed by atoms with Gasteiger partial charge in [-0.05, 0) is 52.0 Å². The number of carbonyl (C=O) groups excluding carboxylic acids is 1. The number of benzene rings is 2. The van der Waals surface area contributed by atoms with Crippen LogP contribution in [0.15, 0.2) is 62.1 Å². The van der Waals surface area contributed by atoms with Crippen LogP contribution in [0.2, 0.25) is 0 Å². The van der Waals surface area contributed by atoms with Gasteiger partial charge in [0.15, 0.2) is 9.92 Å². The van der Waals surface area contributed by atoms with E-state index in [9.17, 15) is 17.4 Å². The van der Waals surface area contributed by atoms with E-state index in [-0.39, 0.29) is 9.79 Å².